The van der Waals surface area contributed by atoms with Crippen molar-refractivity contribution in [2.75, 3.05) is 5.32 Å². The second-order valence-corrected chi connectivity index (χ2v) is 3.85. The maximum absolute atomic E-state index is 12.0. The SMILES string of the molecule is N#CCC(=O)Nc1cc(Br)cc(OC(F)F)c1. The van der Waals surface area contributed by atoms with E-state index in [1.54, 1.807) is 6.07 Å². The van der Waals surface area contributed by atoms with Crippen LogP contribution in [0.3, 0.4) is 0 Å². The predicted molar refractivity (Wildman–Crippen MR) is 59.6 cm³/mol. The number of ether oxygens (including phenoxy) is 1. The zero-order chi connectivity index (χ0) is 12.8. The van der Waals surface area contributed by atoms with Crippen LogP contribution in [0.4, 0.5) is 14.5 Å². The number of anilines is 1. The third kappa shape index (κ3) is 4.78. The van der Waals surface area contributed by atoms with Crippen LogP contribution in [-0.2, 0) is 4.79 Å². The minimum absolute atomic E-state index is 0.0818. The van der Waals surface area contributed by atoms with E-state index in [-0.39, 0.29) is 17.9 Å². The molecule has 17 heavy (non-hydrogen) atoms. The molecule has 1 amide bonds. The molecular formula is C10H7BrF2N2O2. The van der Waals surface area contributed by atoms with E-state index in [0.29, 0.717) is 4.47 Å². The maximum atomic E-state index is 12.0. The summed E-state index contributed by atoms with van der Waals surface area (Å²) in [5.74, 6) is -0.602. The lowest BCUT2D eigenvalue weighted by Crippen LogP contribution is -2.10. The number of carbonyl (C=O) groups is 1. The first-order valence-corrected chi connectivity index (χ1v) is 5.23. The number of benzene rings is 1. The number of rotatable bonds is 4. The highest BCUT2D eigenvalue weighted by Gasteiger charge is 2.08. The standard InChI is InChI=1S/C10H7BrF2N2O2/c11-6-3-7(15-9(16)1-2-14)5-8(4-6)17-10(12)13/h3-5,10H,1H2,(H,15,16). The van der Waals surface area contributed by atoms with E-state index in [9.17, 15) is 13.6 Å². The van der Waals surface area contributed by atoms with Gasteiger partial charge in [-0.3, -0.25) is 4.79 Å². The van der Waals surface area contributed by atoms with Gasteiger partial charge in [-0.05, 0) is 12.1 Å². The van der Waals surface area contributed by atoms with Crippen molar-refractivity contribution in [3.05, 3.63) is 22.7 Å². The van der Waals surface area contributed by atoms with Gasteiger partial charge in [0.25, 0.3) is 0 Å². The molecule has 1 aromatic carbocycles. The van der Waals surface area contributed by atoms with Gasteiger partial charge < -0.3 is 10.1 Å². The van der Waals surface area contributed by atoms with Gasteiger partial charge in [-0.15, -0.1) is 0 Å². The Hall–Kier alpha value is -1.68. The summed E-state index contributed by atoms with van der Waals surface area (Å²) in [5, 5.41) is 10.7. The summed E-state index contributed by atoms with van der Waals surface area (Å²) in [6.45, 7) is -2.94. The Bertz CT molecular complexity index is 460. The van der Waals surface area contributed by atoms with Crippen LogP contribution in [0.5, 0.6) is 5.75 Å². The first-order chi connectivity index (χ1) is 8.01. The number of hydrogen-bond donors (Lipinski definition) is 1. The van der Waals surface area contributed by atoms with Gasteiger partial charge in [0, 0.05) is 16.2 Å². The molecule has 1 aromatic rings. The molecule has 0 atom stereocenters. The number of nitriles is 1. The fraction of sp³-hybridized carbons (Fsp3) is 0.200. The van der Waals surface area contributed by atoms with Gasteiger partial charge in [0.1, 0.15) is 12.2 Å². The lowest BCUT2D eigenvalue weighted by Gasteiger charge is -2.08. The van der Waals surface area contributed by atoms with Crippen LogP contribution in [0.1, 0.15) is 6.42 Å². The Balaban J connectivity index is 2.82. The molecule has 1 rings (SSSR count). The molecule has 4 nitrogen and oxygen atoms in total. The summed E-state index contributed by atoms with van der Waals surface area (Å²) < 4.78 is 28.7. The largest absolute Gasteiger partial charge is 0.435 e. The minimum atomic E-state index is -2.94. The molecule has 7 heteroatoms. The highest BCUT2D eigenvalue weighted by molar-refractivity contribution is 9.10. The van der Waals surface area contributed by atoms with Crippen LogP contribution in [-0.4, -0.2) is 12.5 Å². The minimum Gasteiger partial charge on any atom is -0.435 e. The number of hydrogen-bond acceptors (Lipinski definition) is 3. The van der Waals surface area contributed by atoms with Crippen LogP contribution in [0, 0.1) is 11.3 Å². The summed E-state index contributed by atoms with van der Waals surface area (Å²) in [4.78, 5) is 11.1. The molecule has 90 valence electrons. The Kier molecular flexibility index (Phi) is 4.84. The zero-order valence-electron chi connectivity index (χ0n) is 8.41. The van der Waals surface area contributed by atoms with Crippen LogP contribution >= 0.6 is 15.9 Å². The van der Waals surface area contributed by atoms with Gasteiger partial charge >= 0.3 is 6.61 Å². The lowest BCUT2D eigenvalue weighted by atomic mass is 10.3. The van der Waals surface area contributed by atoms with Crippen molar-refractivity contribution >= 4 is 27.5 Å². The average Bonchev–Trinajstić information content (AvgIpc) is 2.14. The van der Waals surface area contributed by atoms with Gasteiger partial charge in [0.15, 0.2) is 0 Å². The predicted octanol–water partition coefficient (Wildman–Crippen LogP) is 2.90. The highest BCUT2D eigenvalue weighted by atomic mass is 79.9. The number of halogens is 3. The van der Waals surface area contributed by atoms with E-state index < -0.39 is 12.5 Å². The van der Waals surface area contributed by atoms with Crippen molar-refractivity contribution in [2.45, 2.75) is 13.0 Å². The Labute approximate surface area is 104 Å². The van der Waals surface area contributed by atoms with Crippen molar-refractivity contribution in [2.24, 2.45) is 0 Å². The van der Waals surface area contributed by atoms with Gasteiger partial charge in [0.2, 0.25) is 5.91 Å². The average molecular weight is 305 g/mol. The Morgan fingerprint density at radius 2 is 2.24 bits per heavy atom. The third-order valence-electron chi connectivity index (χ3n) is 1.62. The number of carbonyl (C=O) groups excluding carboxylic acids is 1. The maximum Gasteiger partial charge on any atom is 0.387 e. The van der Waals surface area contributed by atoms with E-state index in [4.69, 9.17) is 5.26 Å². The van der Waals surface area contributed by atoms with Gasteiger partial charge in [-0.1, -0.05) is 15.9 Å². The summed E-state index contributed by atoms with van der Waals surface area (Å²) >= 11 is 3.09. The van der Waals surface area contributed by atoms with E-state index in [1.807, 2.05) is 0 Å². The lowest BCUT2D eigenvalue weighted by molar-refractivity contribution is -0.115. The van der Waals surface area contributed by atoms with Crippen molar-refractivity contribution in [3.8, 4) is 11.8 Å². The molecule has 0 saturated heterocycles. The molecule has 0 bridgehead atoms. The smallest absolute Gasteiger partial charge is 0.387 e. The molecule has 0 aliphatic carbocycles. The van der Waals surface area contributed by atoms with Gasteiger partial charge in [0.05, 0.1) is 6.07 Å². The molecule has 0 saturated carbocycles. The topological polar surface area (TPSA) is 62.1 Å². The quantitative estimate of drug-likeness (QED) is 0.930. The van der Waals surface area contributed by atoms with Crippen molar-refractivity contribution in [1.82, 2.24) is 0 Å². The summed E-state index contributed by atoms with van der Waals surface area (Å²) in [6.07, 6.45) is -0.308. The third-order valence-corrected chi connectivity index (χ3v) is 2.08. The summed E-state index contributed by atoms with van der Waals surface area (Å²) in [7, 11) is 0. The van der Waals surface area contributed by atoms with E-state index in [1.165, 1.54) is 18.2 Å². The molecule has 0 aromatic heterocycles. The van der Waals surface area contributed by atoms with Gasteiger partial charge in [-0.2, -0.15) is 14.0 Å². The number of alkyl halides is 2. The normalized spacial score (nSPS) is 9.82. The molecular weight excluding hydrogens is 298 g/mol. The van der Waals surface area contributed by atoms with Crippen molar-refractivity contribution in [3.63, 3.8) is 0 Å². The zero-order valence-corrected chi connectivity index (χ0v) is 10.0. The fourth-order valence-corrected chi connectivity index (χ4v) is 1.56. The van der Waals surface area contributed by atoms with E-state index >= 15 is 0 Å². The Morgan fingerprint density at radius 1 is 1.53 bits per heavy atom. The van der Waals surface area contributed by atoms with Crippen LogP contribution in [0.15, 0.2) is 22.7 Å². The Morgan fingerprint density at radius 3 is 2.82 bits per heavy atom. The number of nitrogens with one attached hydrogen (secondary N) is 1. The first-order valence-electron chi connectivity index (χ1n) is 4.43. The molecule has 0 aliphatic rings. The van der Waals surface area contributed by atoms with Crippen LogP contribution in [0.2, 0.25) is 0 Å². The van der Waals surface area contributed by atoms with Crippen LogP contribution < -0.4 is 10.1 Å². The molecule has 0 unspecified atom stereocenters. The van der Waals surface area contributed by atoms with Crippen molar-refractivity contribution < 1.29 is 18.3 Å². The van der Waals surface area contributed by atoms with E-state index in [0.717, 1.165) is 0 Å². The van der Waals surface area contributed by atoms with Gasteiger partial charge in [-0.25, -0.2) is 0 Å². The monoisotopic (exact) mass is 304 g/mol. The molecule has 0 fully saturated rings. The molecule has 0 aliphatic heterocycles. The van der Waals surface area contributed by atoms with E-state index in [2.05, 4.69) is 26.0 Å². The summed E-state index contributed by atoms with van der Waals surface area (Å²) in [5.41, 5.74) is 0.273. The molecule has 0 radical (unpaired) electrons. The second-order valence-electron chi connectivity index (χ2n) is 2.94. The highest BCUT2D eigenvalue weighted by Crippen LogP contribution is 2.26. The number of nitrogens with zero attached hydrogens (tertiary/aromatic N) is 1. The fourth-order valence-electron chi connectivity index (χ4n) is 1.08. The molecule has 0 spiro atoms. The molecule has 1 N–H and O–H groups in total. The van der Waals surface area contributed by atoms with Crippen molar-refractivity contribution in [1.29, 1.82) is 5.26 Å². The second kappa shape index (κ2) is 6.15. The molecule has 0 heterocycles. The van der Waals surface area contributed by atoms with Crippen LogP contribution in [0.25, 0.3) is 0 Å². The summed E-state index contributed by atoms with van der Waals surface area (Å²) in [6, 6.07) is 5.76. The number of amides is 1. The first kappa shape index (κ1) is 13.4.